The van der Waals surface area contributed by atoms with E-state index >= 15 is 0 Å². The maximum atomic E-state index is 9.10. The fourth-order valence-corrected chi connectivity index (χ4v) is 1.48. The predicted octanol–water partition coefficient (Wildman–Crippen LogP) is 3.01. The van der Waals surface area contributed by atoms with Crippen LogP contribution < -0.4 is 0 Å². The first kappa shape index (κ1) is 10.7. The third-order valence-electron chi connectivity index (χ3n) is 2.02. The molecule has 1 aromatic carbocycles. The molecule has 0 aliphatic rings. The molecule has 0 saturated heterocycles. The second-order valence-corrected chi connectivity index (χ2v) is 5.04. The summed E-state index contributed by atoms with van der Waals surface area (Å²) in [6.45, 7) is 4.35. The Hall–Kier alpha value is -0.340. The summed E-state index contributed by atoms with van der Waals surface area (Å²) in [4.78, 5) is 0. The van der Waals surface area contributed by atoms with E-state index in [-0.39, 0.29) is 12.0 Å². The molecule has 0 aromatic heterocycles. The molecular formula is C11H15BrO. The van der Waals surface area contributed by atoms with E-state index in [9.17, 15) is 0 Å². The van der Waals surface area contributed by atoms with E-state index in [1.807, 2.05) is 12.1 Å². The normalized spacial score (nSPS) is 11.7. The van der Waals surface area contributed by atoms with Gasteiger partial charge < -0.3 is 5.11 Å². The zero-order valence-electron chi connectivity index (χ0n) is 8.05. The Labute approximate surface area is 87.9 Å². The Bertz CT molecular complexity index is 264. The van der Waals surface area contributed by atoms with Crippen molar-refractivity contribution >= 4 is 15.9 Å². The van der Waals surface area contributed by atoms with Crippen molar-refractivity contribution in [3.05, 3.63) is 34.3 Å². The first-order chi connectivity index (χ1) is 6.03. The molecule has 13 heavy (non-hydrogen) atoms. The van der Waals surface area contributed by atoms with Crippen molar-refractivity contribution in [3.8, 4) is 0 Å². The number of aliphatic hydroxyl groups is 1. The lowest BCUT2D eigenvalue weighted by atomic mass is 9.87. The van der Waals surface area contributed by atoms with Crippen LogP contribution in [0, 0.1) is 5.41 Å². The van der Waals surface area contributed by atoms with Crippen molar-refractivity contribution in [2.45, 2.75) is 20.3 Å². The van der Waals surface area contributed by atoms with Crippen molar-refractivity contribution in [1.29, 1.82) is 0 Å². The molecule has 0 atom stereocenters. The molecule has 0 radical (unpaired) electrons. The Balaban J connectivity index is 2.69. The van der Waals surface area contributed by atoms with Crippen LogP contribution in [0.3, 0.4) is 0 Å². The zero-order chi connectivity index (χ0) is 9.90. The maximum absolute atomic E-state index is 9.10. The van der Waals surface area contributed by atoms with Gasteiger partial charge in [-0.15, -0.1) is 0 Å². The lowest BCUT2D eigenvalue weighted by Crippen LogP contribution is -2.19. The lowest BCUT2D eigenvalue weighted by molar-refractivity contribution is 0.159. The predicted molar refractivity (Wildman–Crippen MR) is 58.7 cm³/mol. The summed E-state index contributed by atoms with van der Waals surface area (Å²) in [6.07, 6.45) is 0.913. The number of hydrogen-bond donors (Lipinski definition) is 1. The molecule has 1 aromatic rings. The standard InChI is InChI=1S/C11H15BrO/c1-11(2,8-13)7-9-3-5-10(12)6-4-9/h3-6,13H,7-8H2,1-2H3. The summed E-state index contributed by atoms with van der Waals surface area (Å²) in [5.41, 5.74) is 1.25. The first-order valence-electron chi connectivity index (χ1n) is 4.39. The van der Waals surface area contributed by atoms with Crippen molar-refractivity contribution in [3.63, 3.8) is 0 Å². The quantitative estimate of drug-likeness (QED) is 0.865. The minimum absolute atomic E-state index is 0.0200. The molecule has 0 spiro atoms. The molecule has 0 aliphatic carbocycles. The van der Waals surface area contributed by atoms with Gasteiger partial charge in [0.2, 0.25) is 0 Å². The van der Waals surface area contributed by atoms with Crippen molar-refractivity contribution < 1.29 is 5.11 Å². The molecule has 0 fully saturated rings. The Morgan fingerprint density at radius 1 is 1.23 bits per heavy atom. The van der Waals surface area contributed by atoms with Crippen molar-refractivity contribution in [2.75, 3.05) is 6.61 Å². The van der Waals surface area contributed by atoms with E-state index < -0.39 is 0 Å². The van der Waals surface area contributed by atoms with Gasteiger partial charge in [-0.2, -0.15) is 0 Å². The van der Waals surface area contributed by atoms with Gasteiger partial charge in [0.05, 0.1) is 0 Å². The molecule has 1 nitrogen and oxygen atoms in total. The van der Waals surface area contributed by atoms with E-state index in [1.54, 1.807) is 0 Å². The minimum atomic E-state index is -0.0200. The number of hydrogen-bond acceptors (Lipinski definition) is 1. The highest BCUT2D eigenvalue weighted by molar-refractivity contribution is 9.10. The van der Waals surface area contributed by atoms with Crippen LogP contribution >= 0.6 is 15.9 Å². The Morgan fingerprint density at radius 3 is 2.23 bits per heavy atom. The third kappa shape index (κ3) is 3.49. The maximum Gasteiger partial charge on any atom is 0.0485 e. The molecule has 1 rings (SSSR count). The average Bonchev–Trinajstić information content (AvgIpc) is 2.09. The van der Waals surface area contributed by atoms with Crippen LogP contribution in [-0.2, 0) is 6.42 Å². The summed E-state index contributed by atoms with van der Waals surface area (Å²) < 4.78 is 1.10. The molecule has 0 amide bonds. The van der Waals surface area contributed by atoms with Crippen LogP contribution in [0.2, 0.25) is 0 Å². The summed E-state index contributed by atoms with van der Waals surface area (Å²) in [5, 5.41) is 9.10. The van der Waals surface area contributed by atoms with Gasteiger partial charge in [0.1, 0.15) is 0 Å². The smallest absolute Gasteiger partial charge is 0.0485 e. The molecule has 0 saturated carbocycles. The van der Waals surface area contributed by atoms with Gasteiger partial charge in [0, 0.05) is 11.1 Å². The van der Waals surface area contributed by atoms with Gasteiger partial charge >= 0.3 is 0 Å². The van der Waals surface area contributed by atoms with Crippen LogP contribution in [-0.4, -0.2) is 11.7 Å². The molecular weight excluding hydrogens is 228 g/mol. The third-order valence-corrected chi connectivity index (χ3v) is 2.55. The molecule has 72 valence electrons. The van der Waals surface area contributed by atoms with Crippen molar-refractivity contribution in [2.24, 2.45) is 5.41 Å². The second-order valence-electron chi connectivity index (χ2n) is 4.13. The largest absolute Gasteiger partial charge is 0.396 e. The molecule has 0 heterocycles. The fraction of sp³-hybridized carbons (Fsp3) is 0.455. The SMILES string of the molecule is CC(C)(CO)Cc1ccc(Br)cc1. The highest BCUT2D eigenvalue weighted by Crippen LogP contribution is 2.21. The summed E-state index contributed by atoms with van der Waals surface area (Å²) >= 11 is 3.39. The summed E-state index contributed by atoms with van der Waals surface area (Å²) in [7, 11) is 0. The molecule has 2 heteroatoms. The van der Waals surface area contributed by atoms with Crippen LogP contribution in [0.25, 0.3) is 0 Å². The van der Waals surface area contributed by atoms with E-state index in [2.05, 4.69) is 41.9 Å². The van der Waals surface area contributed by atoms with E-state index in [4.69, 9.17) is 5.11 Å². The van der Waals surface area contributed by atoms with Gasteiger partial charge in [-0.3, -0.25) is 0 Å². The number of rotatable bonds is 3. The lowest BCUT2D eigenvalue weighted by Gasteiger charge is -2.21. The van der Waals surface area contributed by atoms with Crippen LogP contribution in [0.15, 0.2) is 28.7 Å². The van der Waals surface area contributed by atoms with Gasteiger partial charge in [0.25, 0.3) is 0 Å². The van der Waals surface area contributed by atoms with Crippen molar-refractivity contribution in [1.82, 2.24) is 0 Å². The van der Waals surface area contributed by atoms with E-state index in [1.165, 1.54) is 5.56 Å². The topological polar surface area (TPSA) is 20.2 Å². The van der Waals surface area contributed by atoms with Gasteiger partial charge in [0.15, 0.2) is 0 Å². The van der Waals surface area contributed by atoms with Crippen LogP contribution in [0.1, 0.15) is 19.4 Å². The molecule has 0 bridgehead atoms. The molecule has 0 unspecified atom stereocenters. The molecule has 0 aliphatic heterocycles. The number of aliphatic hydroxyl groups excluding tert-OH is 1. The van der Waals surface area contributed by atoms with E-state index in [0.29, 0.717) is 0 Å². The Kier molecular flexibility index (Phi) is 3.51. The molecule has 1 N–H and O–H groups in total. The van der Waals surface area contributed by atoms with E-state index in [0.717, 1.165) is 10.9 Å². The van der Waals surface area contributed by atoms with Gasteiger partial charge in [-0.05, 0) is 29.5 Å². The van der Waals surface area contributed by atoms with Gasteiger partial charge in [-0.1, -0.05) is 41.9 Å². The Morgan fingerprint density at radius 2 is 1.77 bits per heavy atom. The fourth-order valence-electron chi connectivity index (χ4n) is 1.21. The minimum Gasteiger partial charge on any atom is -0.396 e. The number of benzene rings is 1. The van der Waals surface area contributed by atoms with Crippen LogP contribution in [0.5, 0.6) is 0 Å². The number of halogens is 1. The first-order valence-corrected chi connectivity index (χ1v) is 5.18. The zero-order valence-corrected chi connectivity index (χ0v) is 9.63. The highest BCUT2D eigenvalue weighted by Gasteiger charge is 2.16. The summed E-state index contributed by atoms with van der Waals surface area (Å²) in [6, 6.07) is 8.23. The second kappa shape index (κ2) is 4.25. The average molecular weight is 243 g/mol. The monoisotopic (exact) mass is 242 g/mol. The van der Waals surface area contributed by atoms with Crippen LogP contribution in [0.4, 0.5) is 0 Å². The highest BCUT2D eigenvalue weighted by atomic mass is 79.9. The van der Waals surface area contributed by atoms with Gasteiger partial charge in [-0.25, -0.2) is 0 Å². The summed E-state index contributed by atoms with van der Waals surface area (Å²) in [5.74, 6) is 0.